The number of nitrogens with one attached hydrogen (secondary N) is 3. The molecule has 3 aromatic heterocycles. The molecule has 0 fully saturated rings. The Morgan fingerprint density at radius 1 is 0.950 bits per heavy atom. The van der Waals surface area contributed by atoms with Crippen LogP contribution in [0, 0.1) is 0 Å². The first kappa shape index (κ1) is 25.0. The molecule has 0 spiro atoms. The number of fused-ring (bicyclic) bond motifs is 1. The Morgan fingerprint density at radius 2 is 1.77 bits per heavy atom. The van der Waals surface area contributed by atoms with E-state index in [1.54, 1.807) is 48.7 Å². The third kappa shape index (κ3) is 5.05. The fourth-order valence-electron chi connectivity index (χ4n) is 4.62. The summed E-state index contributed by atoms with van der Waals surface area (Å²) < 4.78 is 2.89. The molecule has 40 heavy (non-hydrogen) atoms. The van der Waals surface area contributed by atoms with Crippen molar-refractivity contribution < 1.29 is 4.79 Å². The monoisotopic (exact) mass is 552 g/mol. The summed E-state index contributed by atoms with van der Waals surface area (Å²) >= 11 is 6.28. The van der Waals surface area contributed by atoms with E-state index in [4.69, 9.17) is 11.6 Å². The number of hydrogen-bond donors (Lipinski definition) is 3. The van der Waals surface area contributed by atoms with Gasteiger partial charge in [0.05, 0.1) is 16.7 Å². The second-order valence-electron chi connectivity index (χ2n) is 9.11. The Labute approximate surface area is 231 Å². The number of aromatic nitrogens is 7. The number of carbonyl (C=O) groups is 1. The minimum atomic E-state index is -0.858. The number of tetrazole rings is 1. The van der Waals surface area contributed by atoms with E-state index in [0.29, 0.717) is 38.6 Å². The van der Waals surface area contributed by atoms with Gasteiger partial charge < -0.3 is 19.9 Å². The number of anilines is 1. The lowest BCUT2D eigenvalue weighted by Gasteiger charge is -2.20. The van der Waals surface area contributed by atoms with Crippen molar-refractivity contribution in [2.75, 3.05) is 5.32 Å². The largest absolute Gasteiger partial charge is 0.324 e. The normalized spacial score (nSPS) is 11.9. The van der Waals surface area contributed by atoms with Crippen LogP contribution in [0.15, 0.2) is 101 Å². The van der Waals surface area contributed by atoms with Gasteiger partial charge in [-0.2, -0.15) is 4.68 Å². The van der Waals surface area contributed by atoms with Crippen LogP contribution in [0.3, 0.4) is 0 Å². The zero-order chi connectivity index (χ0) is 27.6. The molecule has 1 amide bonds. The number of benzene rings is 3. The number of hydrogen-bond acceptors (Lipinski definition) is 6. The second-order valence-corrected chi connectivity index (χ2v) is 9.55. The molecule has 6 aromatic rings. The number of carbonyl (C=O) groups excluding carboxylic acids is 1. The number of amides is 1. The van der Waals surface area contributed by atoms with E-state index in [1.807, 2.05) is 30.3 Å². The molecule has 0 aliphatic carbocycles. The third-order valence-electron chi connectivity index (χ3n) is 6.51. The van der Waals surface area contributed by atoms with E-state index >= 15 is 0 Å². The van der Waals surface area contributed by atoms with Crippen LogP contribution in [0.5, 0.6) is 0 Å². The Morgan fingerprint density at radius 3 is 2.55 bits per heavy atom. The molecular formula is C28H21ClN8O3. The summed E-state index contributed by atoms with van der Waals surface area (Å²) in [5, 5.41) is 14.7. The van der Waals surface area contributed by atoms with Gasteiger partial charge in [0.2, 0.25) is 5.91 Å². The maximum atomic E-state index is 13.6. The van der Waals surface area contributed by atoms with Crippen LogP contribution < -0.4 is 16.6 Å². The fourth-order valence-corrected chi connectivity index (χ4v) is 4.79. The summed E-state index contributed by atoms with van der Waals surface area (Å²) in [6.45, 7) is 0. The van der Waals surface area contributed by atoms with E-state index < -0.39 is 6.04 Å². The average Bonchev–Trinajstić information content (AvgIpc) is 3.61. The van der Waals surface area contributed by atoms with Crippen LogP contribution in [-0.2, 0) is 11.2 Å². The Kier molecular flexibility index (Phi) is 6.54. The fraction of sp³-hybridized carbons (Fsp3) is 0.0714. The average molecular weight is 553 g/mol. The van der Waals surface area contributed by atoms with Crippen LogP contribution in [0.25, 0.3) is 27.8 Å². The van der Waals surface area contributed by atoms with E-state index in [9.17, 15) is 14.4 Å². The van der Waals surface area contributed by atoms with Crippen molar-refractivity contribution in [2.24, 2.45) is 0 Å². The molecule has 6 rings (SSSR count). The van der Waals surface area contributed by atoms with Crippen LogP contribution in [0.1, 0.15) is 11.6 Å². The van der Waals surface area contributed by atoms with Gasteiger partial charge in [-0.25, -0.2) is 4.79 Å². The van der Waals surface area contributed by atoms with Crippen molar-refractivity contribution in [1.82, 2.24) is 34.7 Å². The lowest BCUT2D eigenvalue weighted by atomic mass is 10.0. The van der Waals surface area contributed by atoms with Gasteiger partial charge >= 0.3 is 5.69 Å². The highest BCUT2D eigenvalue weighted by atomic mass is 35.5. The molecule has 12 heteroatoms. The number of pyridine rings is 1. The van der Waals surface area contributed by atoms with E-state index in [1.165, 1.54) is 21.6 Å². The van der Waals surface area contributed by atoms with Gasteiger partial charge in [-0.1, -0.05) is 41.9 Å². The van der Waals surface area contributed by atoms with E-state index in [2.05, 4.69) is 30.8 Å². The van der Waals surface area contributed by atoms with Gasteiger partial charge in [-0.05, 0) is 64.0 Å². The van der Waals surface area contributed by atoms with Gasteiger partial charge in [-0.15, -0.1) is 5.10 Å². The second kappa shape index (κ2) is 10.5. The first-order valence-electron chi connectivity index (χ1n) is 12.3. The summed E-state index contributed by atoms with van der Waals surface area (Å²) in [5.41, 5.74) is 3.73. The molecule has 0 saturated heterocycles. The van der Waals surface area contributed by atoms with Crippen molar-refractivity contribution in [3.63, 3.8) is 0 Å². The molecular weight excluding hydrogens is 532 g/mol. The SMILES string of the molecule is O=C(Nc1ccc2[nH]c(=O)[nH]c2c1)C(Cc1ccccc1)n1ccc(-c2cc(Cl)ccc2-n2cnnn2)cc1=O. The molecule has 3 heterocycles. The zero-order valence-electron chi connectivity index (χ0n) is 20.8. The highest BCUT2D eigenvalue weighted by Crippen LogP contribution is 2.29. The maximum Gasteiger partial charge on any atom is 0.323 e. The van der Waals surface area contributed by atoms with Crippen LogP contribution >= 0.6 is 11.6 Å². The molecule has 3 aromatic carbocycles. The van der Waals surface area contributed by atoms with Gasteiger partial charge in [0.15, 0.2) is 0 Å². The molecule has 198 valence electrons. The Hall–Kier alpha value is -5.29. The summed E-state index contributed by atoms with van der Waals surface area (Å²) in [6, 6.07) is 22.1. The van der Waals surface area contributed by atoms with Crippen LogP contribution in [-0.4, -0.2) is 40.6 Å². The molecule has 11 nitrogen and oxygen atoms in total. The number of rotatable bonds is 7. The molecule has 1 atom stereocenters. The summed E-state index contributed by atoms with van der Waals surface area (Å²) in [7, 11) is 0. The van der Waals surface area contributed by atoms with Gasteiger partial charge in [-0.3, -0.25) is 9.59 Å². The maximum absolute atomic E-state index is 13.6. The molecule has 0 bridgehead atoms. The van der Waals surface area contributed by atoms with Crippen molar-refractivity contribution in [2.45, 2.75) is 12.5 Å². The Bertz CT molecular complexity index is 1940. The summed E-state index contributed by atoms with van der Waals surface area (Å²) in [5.74, 6) is -0.381. The smallest absolute Gasteiger partial charge is 0.323 e. The van der Waals surface area contributed by atoms with Crippen molar-refractivity contribution >= 4 is 34.2 Å². The first-order valence-corrected chi connectivity index (χ1v) is 12.6. The zero-order valence-corrected chi connectivity index (χ0v) is 21.5. The number of aromatic amines is 2. The first-order chi connectivity index (χ1) is 19.4. The minimum absolute atomic E-state index is 0.280. The molecule has 3 N–H and O–H groups in total. The lowest BCUT2D eigenvalue weighted by Crippen LogP contribution is -2.34. The molecule has 0 radical (unpaired) electrons. The number of imidazole rings is 1. The highest BCUT2D eigenvalue weighted by Gasteiger charge is 2.23. The van der Waals surface area contributed by atoms with Crippen molar-refractivity contribution in [1.29, 1.82) is 0 Å². The highest BCUT2D eigenvalue weighted by molar-refractivity contribution is 6.31. The van der Waals surface area contributed by atoms with Crippen LogP contribution in [0.2, 0.25) is 5.02 Å². The van der Waals surface area contributed by atoms with Gasteiger partial charge in [0.1, 0.15) is 12.4 Å². The number of halogens is 1. The quantitative estimate of drug-likeness (QED) is 0.275. The molecule has 0 saturated carbocycles. The van der Waals surface area contributed by atoms with E-state index in [-0.39, 0.29) is 23.6 Å². The predicted molar refractivity (Wildman–Crippen MR) is 151 cm³/mol. The topological polar surface area (TPSA) is 143 Å². The standard InChI is InChI=1S/C28H21ClN8O3/c29-19-6-9-24(37-16-30-34-35-37)21(14-19)18-10-11-36(26(38)13-18)25(12-17-4-2-1-3-5-17)27(39)31-20-7-8-22-23(15-20)33-28(40)32-22/h1-11,13-16,25H,12H2,(H,31,39)(H2,32,33,40). The number of H-pyrrole nitrogens is 2. The molecule has 0 aliphatic rings. The van der Waals surface area contributed by atoms with Crippen LogP contribution in [0.4, 0.5) is 5.69 Å². The third-order valence-corrected chi connectivity index (χ3v) is 6.74. The summed E-state index contributed by atoms with van der Waals surface area (Å²) in [6.07, 6.45) is 3.33. The number of nitrogens with zero attached hydrogens (tertiary/aromatic N) is 5. The minimum Gasteiger partial charge on any atom is -0.324 e. The molecule has 0 aliphatic heterocycles. The van der Waals surface area contributed by atoms with Gasteiger partial charge in [0, 0.05) is 35.0 Å². The Balaban J connectivity index is 1.37. The van der Waals surface area contributed by atoms with Gasteiger partial charge in [0.25, 0.3) is 5.56 Å². The van der Waals surface area contributed by atoms with Crippen molar-refractivity contribution in [3.05, 3.63) is 123 Å². The predicted octanol–water partition coefficient (Wildman–Crippen LogP) is 3.74. The summed E-state index contributed by atoms with van der Waals surface area (Å²) in [4.78, 5) is 44.1. The van der Waals surface area contributed by atoms with Crippen molar-refractivity contribution in [3.8, 4) is 16.8 Å². The lowest BCUT2D eigenvalue weighted by molar-refractivity contribution is -0.119. The van der Waals surface area contributed by atoms with E-state index in [0.717, 1.165) is 5.56 Å². The molecule has 1 unspecified atom stereocenters.